The van der Waals surface area contributed by atoms with Gasteiger partial charge >= 0.3 is 0 Å². The van der Waals surface area contributed by atoms with Gasteiger partial charge in [-0.25, -0.2) is 4.39 Å². The first-order chi connectivity index (χ1) is 8.47. The van der Waals surface area contributed by atoms with Gasteiger partial charge in [0, 0.05) is 30.2 Å². The molecule has 1 amide bonds. The number of amides is 1. The zero-order valence-electron chi connectivity index (χ0n) is 10.8. The van der Waals surface area contributed by atoms with E-state index in [4.69, 9.17) is 11.6 Å². The fourth-order valence-electron chi connectivity index (χ4n) is 2.33. The van der Waals surface area contributed by atoms with Crippen LogP contribution in [-0.4, -0.2) is 36.0 Å². The normalized spacial score (nSPS) is 22.8. The average molecular weight is 307 g/mol. The van der Waals surface area contributed by atoms with Crippen LogP contribution in [0, 0.1) is 5.82 Å². The Hall–Kier alpha value is -0.840. The molecule has 106 valence electrons. The first-order valence-corrected chi connectivity index (χ1v) is 6.35. The van der Waals surface area contributed by atoms with Crippen LogP contribution in [0.3, 0.4) is 0 Å². The molecule has 3 nitrogen and oxygen atoms in total. The van der Waals surface area contributed by atoms with Crippen LogP contribution in [0.1, 0.15) is 24.2 Å². The fourth-order valence-corrected chi connectivity index (χ4v) is 2.48. The molecular formula is C13H17Cl2FN2O. The number of nitrogens with one attached hydrogen (secondary N) is 1. The van der Waals surface area contributed by atoms with Crippen molar-refractivity contribution < 1.29 is 9.18 Å². The molecule has 1 aliphatic rings. The molecule has 1 N–H and O–H groups in total. The predicted octanol–water partition coefficient (Wildman–Crippen LogP) is 2.72. The Morgan fingerprint density at radius 1 is 1.37 bits per heavy atom. The first-order valence-electron chi connectivity index (χ1n) is 5.97. The van der Waals surface area contributed by atoms with Gasteiger partial charge in [-0.1, -0.05) is 11.6 Å². The van der Waals surface area contributed by atoms with Gasteiger partial charge < -0.3 is 10.2 Å². The van der Waals surface area contributed by atoms with E-state index in [0.29, 0.717) is 18.1 Å². The van der Waals surface area contributed by atoms with E-state index in [1.807, 2.05) is 13.8 Å². The van der Waals surface area contributed by atoms with Crippen LogP contribution in [0.2, 0.25) is 5.02 Å². The van der Waals surface area contributed by atoms with Gasteiger partial charge in [0.1, 0.15) is 5.82 Å². The Morgan fingerprint density at radius 3 is 2.47 bits per heavy atom. The van der Waals surface area contributed by atoms with Crippen LogP contribution >= 0.6 is 24.0 Å². The van der Waals surface area contributed by atoms with E-state index in [9.17, 15) is 9.18 Å². The summed E-state index contributed by atoms with van der Waals surface area (Å²) in [6, 6.07) is 4.58. The highest BCUT2D eigenvalue weighted by atomic mass is 35.5. The SMILES string of the molecule is CC1CN(C(=O)c2ccc(Cl)cc2F)CC(C)N1.Cl. The van der Waals surface area contributed by atoms with Crippen LogP contribution in [0.4, 0.5) is 4.39 Å². The summed E-state index contributed by atoms with van der Waals surface area (Å²) in [5.41, 5.74) is 0.0840. The number of rotatable bonds is 1. The maximum atomic E-state index is 13.7. The van der Waals surface area contributed by atoms with Crippen molar-refractivity contribution in [3.8, 4) is 0 Å². The summed E-state index contributed by atoms with van der Waals surface area (Å²) in [5.74, 6) is -0.837. The largest absolute Gasteiger partial charge is 0.335 e. The van der Waals surface area contributed by atoms with Crippen molar-refractivity contribution in [2.75, 3.05) is 13.1 Å². The summed E-state index contributed by atoms with van der Waals surface area (Å²) < 4.78 is 13.7. The molecule has 6 heteroatoms. The lowest BCUT2D eigenvalue weighted by Gasteiger charge is -2.36. The van der Waals surface area contributed by atoms with Crippen LogP contribution < -0.4 is 5.32 Å². The third-order valence-corrected chi connectivity index (χ3v) is 3.24. The molecule has 1 heterocycles. The monoisotopic (exact) mass is 306 g/mol. The van der Waals surface area contributed by atoms with E-state index in [2.05, 4.69) is 5.32 Å². The Morgan fingerprint density at radius 2 is 1.95 bits per heavy atom. The minimum absolute atomic E-state index is 0. The van der Waals surface area contributed by atoms with Gasteiger partial charge in [-0.05, 0) is 32.0 Å². The van der Waals surface area contributed by atoms with E-state index in [1.165, 1.54) is 18.2 Å². The molecular weight excluding hydrogens is 290 g/mol. The van der Waals surface area contributed by atoms with Crippen molar-refractivity contribution in [3.63, 3.8) is 0 Å². The van der Waals surface area contributed by atoms with Gasteiger partial charge in [-0.15, -0.1) is 12.4 Å². The third-order valence-electron chi connectivity index (χ3n) is 3.01. The van der Waals surface area contributed by atoms with Gasteiger partial charge in [0.05, 0.1) is 5.56 Å². The van der Waals surface area contributed by atoms with Gasteiger partial charge in [0.2, 0.25) is 0 Å². The molecule has 0 radical (unpaired) electrons. The van der Waals surface area contributed by atoms with E-state index in [1.54, 1.807) is 4.90 Å². The van der Waals surface area contributed by atoms with Crippen molar-refractivity contribution >= 4 is 29.9 Å². The molecule has 0 spiro atoms. The zero-order chi connectivity index (χ0) is 13.3. The second-order valence-corrected chi connectivity index (χ2v) is 5.24. The molecule has 1 aromatic carbocycles. The zero-order valence-corrected chi connectivity index (χ0v) is 12.4. The summed E-state index contributed by atoms with van der Waals surface area (Å²) in [5, 5.41) is 3.63. The Labute approximate surface area is 123 Å². The summed E-state index contributed by atoms with van der Waals surface area (Å²) >= 11 is 5.68. The molecule has 0 aliphatic carbocycles. The van der Waals surface area contributed by atoms with Gasteiger partial charge in [-0.3, -0.25) is 4.79 Å². The maximum absolute atomic E-state index is 13.7. The molecule has 1 aliphatic heterocycles. The minimum Gasteiger partial charge on any atom is -0.335 e. The molecule has 2 atom stereocenters. The fraction of sp³-hybridized carbons (Fsp3) is 0.462. The molecule has 0 bridgehead atoms. The summed E-state index contributed by atoms with van der Waals surface area (Å²) in [4.78, 5) is 13.9. The maximum Gasteiger partial charge on any atom is 0.256 e. The molecule has 19 heavy (non-hydrogen) atoms. The van der Waals surface area contributed by atoms with Crippen LogP contribution in [0.15, 0.2) is 18.2 Å². The van der Waals surface area contributed by atoms with Crippen molar-refractivity contribution in [1.82, 2.24) is 10.2 Å². The average Bonchev–Trinajstić information content (AvgIpc) is 2.26. The molecule has 0 aromatic heterocycles. The number of carbonyl (C=O) groups is 1. The molecule has 2 rings (SSSR count). The lowest BCUT2D eigenvalue weighted by molar-refractivity contribution is 0.0669. The van der Waals surface area contributed by atoms with Crippen molar-refractivity contribution in [1.29, 1.82) is 0 Å². The molecule has 1 aromatic rings. The summed E-state index contributed by atoms with van der Waals surface area (Å²) in [7, 11) is 0. The second-order valence-electron chi connectivity index (χ2n) is 4.80. The van der Waals surface area contributed by atoms with E-state index < -0.39 is 5.82 Å². The number of benzene rings is 1. The van der Waals surface area contributed by atoms with Gasteiger partial charge in [-0.2, -0.15) is 0 Å². The predicted molar refractivity (Wildman–Crippen MR) is 76.6 cm³/mol. The standard InChI is InChI=1S/C13H16ClFN2O.ClH/c1-8-6-17(7-9(2)16-8)13(18)11-4-3-10(14)5-12(11)15;/h3-5,8-9,16H,6-7H2,1-2H3;1H. The summed E-state index contributed by atoms with van der Waals surface area (Å²) in [6.07, 6.45) is 0. The molecule has 1 fully saturated rings. The highest BCUT2D eigenvalue weighted by Gasteiger charge is 2.26. The number of piperazine rings is 1. The lowest BCUT2D eigenvalue weighted by Crippen LogP contribution is -2.55. The van der Waals surface area contributed by atoms with Gasteiger partial charge in [0.15, 0.2) is 0 Å². The van der Waals surface area contributed by atoms with Gasteiger partial charge in [0.25, 0.3) is 5.91 Å². The number of halogens is 3. The Balaban J connectivity index is 0.00000180. The third kappa shape index (κ3) is 3.81. The summed E-state index contributed by atoms with van der Waals surface area (Å²) in [6.45, 7) is 5.19. The van der Waals surface area contributed by atoms with E-state index in [0.717, 1.165) is 0 Å². The quantitative estimate of drug-likeness (QED) is 0.865. The van der Waals surface area contributed by atoms with E-state index >= 15 is 0 Å². The minimum atomic E-state index is -0.564. The smallest absolute Gasteiger partial charge is 0.256 e. The topological polar surface area (TPSA) is 32.3 Å². The molecule has 2 unspecified atom stereocenters. The highest BCUT2D eigenvalue weighted by Crippen LogP contribution is 2.17. The number of nitrogens with zero attached hydrogens (tertiary/aromatic N) is 1. The second kappa shape index (κ2) is 6.55. The van der Waals surface area contributed by atoms with Crippen LogP contribution in [0.25, 0.3) is 0 Å². The Bertz CT molecular complexity index is 460. The number of carbonyl (C=O) groups excluding carboxylic acids is 1. The van der Waals surface area contributed by atoms with Crippen molar-refractivity contribution in [2.24, 2.45) is 0 Å². The molecule has 0 saturated carbocycles. The van der Waals surface area contributed by atoms with Crippen LogP contribution in [-0.2, 0) is 0 Å². The van der Waals surface area contributed by atoms with Crippen molar-refractivity contribution in [3.05, 3.63) is 34.6 Å². The lowest BCUT2D eigenvalue weighted by atomic mass is 10.1. The number of hydrogen-bond acceptors (Lipinski definition) is 2. The van der Waals surface area contributed by atoms with Crippen molar-refractivity contribution in [2.45, 2.75) is 25.9 Å². The Kier molecular flexibility index (Phi) is 5.59. The molecule has 1 saturated heterocycles. The van der Waals surface area contributed by atoms with Crippen LogP contribution in [0.5, 0.6) is 0 Å². The first kappa shape index (κ1) is 16.2. The number of hydrogen-bond donors (Lipinski definition) is 1. The highest BCUT2D eigenvalue weighted by molar-refractivity contribution is 6.30. The van der Waals surface area contributed by atoms with E-state index in [-0.39, 0.29) is 36.0 Å².